The predicted octanol–water partition coefficient (Wildman–Crippen LogP) is 11.3. The second-order valence-electron chi connectivity index (χ2n) is 9.86. The molecule has 0 radical (unpaired) electrons. The van der Waals surface area contributed by atoms with Crippen molar-refractivity contribution in [2.45, 2.75) is 0 Å². The molecule has 0 aromatic heterocycles. The molecule has 0 saturated heterocycles. The molecule has 8 rings (SSSR count). The Kier molecular flexibility index (Phi) is 3.70. The standard InChI is InChI=1S/C40H26/c1-2-13-28(14-3-1)39-35-16-6-8-18-37(35)40(38-19-9-7-17-36(38)39)34-23-11-21-32-31(20-10-22-33(32)34)30-25-24-27-12-4-5-15-29(27)26-30/h1-26H/i2D,3D,8D,9D,16D,17D,18D,19D. The summed E-state index contributed by atoms with van der Waals surface area (Å²) in [4.78, 5) is 0. The molecule has 0 heterocycles. The summed E-state index contributed by atoms with van der Waals surface area (Å²) in [5.41, 5.74) is 3.83. The van der Waals surface area contributed by atoms with Gasteiger partial charge in [0.2, 0.25) is 0 Å². The third-order valence-corrected chi connectivity index (χ3v) is 7.66. The van der Waals surface area contributed by atoms with Crippen molar-refractivity contribution in [2.75, 3.05) is 0 Å². The molecule has 0 nitrogen and oxygen atoms in total. The Balaban J connectivity index is 1.58. The molecule has 0 aliphatic heterocycles. The summed E-state index contributed by atoms with van der Waals surface area (Å²) < 4.78 is 70.8. The molecule has 0 atom stereocenters. The first-order valence-corrected chi connectivity index (χ1v) is 13.2. The first-order chi connectivity index (χ1) is 23.1. The molecule has 0 bridgehead atoms. The van der Waals surface area contributed by atoms with Gasteiger partial charge in [0.1, 0.15) is 0 Å². The smallest absolute Gasteiger partial charge is 0.0622 e. The van der Waals surface area contributed by atoms with Crippen LogP contribution >= 0.6 is 0 Å². The molecule has 0 amide bonds. The normalized spacial score (nSPS) is 14.3. The fraction of sp³-hybridized carbons (Fsp3) is 0. The Morgan fingerprint density at radius 1 is 0.350 bits per heavy atom. The van der Waals surface area contributed by atoms with Gasteiger partial charge in [-0.2, -0.15) is 0 Å². The minimum Gasteiger partial charge on any atom is -0.0622 e. The SMILES string of the molecule is [2H]c1cc([2H])cc(-c2c3c([2H])cc([2H])c([2H])c3c(-c3cccc4c(-c5ccc6ccccc6c5)cccc34)c3c([2H])c([2H])cc([2H])c23)c1. The summed E-state index contributed by atoms with van der Waals surface area (Å²) >= 11 is 0. The quantitative estimate of drug-likeness (QED) is 0.206. The molecule has 8 aromatic rings. The van der Waals surface area contributed by atoms with Crippen LogP contribution in [0.2, 0.25) is 0 Å². The molecule has 0 unspecified atom stereocenters. The van der Waals surface area contributed by atoms with Gasteiger partial charge in [-0.25, -0.2) is 0 Å². The van der Waals surface area contributed by atoms with Crippen molar-refractivity contribution < 1.29 is 11.0 Å². The van der Waals surface area contributed by atoms with Gasteiger partial charge in [-0.3, -0.25) is 0 Å². The van der Waals surface area contributed by atoms with Crippen LogP contribution < -0.4 is 0 Å². The molecular weight excluding hydrogens is 480 g/mol. The lowest BCUT2D eigenvalue weighted by molar-refractivity contribution is 1.65. The van der Waals surface area contributed by atoms with Crippen LogP contribution in [0.15, 0.2) is 158 Å². The zero-order valence-corrected chi connectivity index (χ0v) is 21.4. The van der Waals surface area contributed by atoms with E-state index in [0.717, 1.165) is 32.7 Å². The molecule has 186 valence electrons. The van der Waals surface area contributed by atoms with Crippen LogP contribution in [0.25, 0.3) is 76.5 Å². The number of rotatable bonds is 3. The first kappa shape index (κ1) is 16.0. The highest BCUT2D eigenvalue weighted by Crippen LogP contribution is 2.46. The molecular formula is C40H26. The maximum atomic E-state index is 9.23. The van der Waals surface area contributed by atoms with E-state index in [2.05, 4.69) is 36.4 Å². The fourth-order valence-electron chi connectivity index (χ4n) is 5.91. The van der Waals surface area contributed by atoms with Crippen LogP contribution in [0.3, 0.4) is 0 Å². The predicted molar refractivity (Wildman–Crippen MR) is 173 cm³/mol. The first-order valence-electron chi connectivity index (χ1n) is 17.2. The van der Waals surface area contributed by atoms with E-state index in [-0.39, 0.29) is 59.1 Å². The highest BCUT2D eigenvalue weighted by molar-refractivity contribution is 6.24. The Morgan fingerprint density at radius 2 is 0.975 bits per heavy atom. The van der Waals surface area contributed by atoms with E-state index in [4.69, 9.17) is 8.22 Å². The Hall–Kier alpha value is -5.20. The van der Waals surface area contributed by atoms with Gasteiger partial charge in [-0.05, 0) is 82.5 Å². The van der Waals surface area contributed by atoms with E-state index < -0.39 is 0 Å². The van der Waals surface area contributed by atoms with E-state index in [1.54, 1.807) is 12.1 Å². The maximum Gasteiger partial charge on any atom is 0.0629 e. The molecule has 40 heavy (non-hydrogen) atoms. The van der Waals surface area contributed by atoms with Crippen LogP contribution in [-0.4, -0.2) is 0 Å². The van der Waals surface area contributed by atoms with Gasteiger partial charge >= 0.3 is 0 Å². The monoisotopic (exact) mass is 514 g/mol. The van der Waals surface area contributed by atoms with Crippen molar-refractivity contribution in [1.82, 2.24) is 0 Å². The van der Waals surface area contributed by atoms with Gasteiger partial charge in [0.05, 0.1) is 11.0 Å². The lowest BCUT2D eigenvalue weighted by Crippen LogP contribution is -1.92. The van der Waals surface area contributed by atoms with Crippen molar-refractivity contribution in [3.05, 3.63) is 158 Å². The lowest BCUT2D eigenvalue weighted by Gasteiger charge is -2.19. The lowest BCUT2D eigenvalue weighted by atomic mass is 9.84. The van der Waals surface area contributed by atoms with Gasteiger partial charge < -0.3 is 0 Å². The zero-order valence-electron chi connectivity index (χ0n) is 29.4. The highest BCUT2D eigenvalue weighted by Gasteiger charge is 2.18. The summed E-state index contributed by atoms with van der Waals surface area (Å²) in [5, 5.41) is 5.12. The van der Waals surface area contributed by atoms with Crippen molar-refractivity contribution in [3.63, 3.8) is 0 Å². The van der Waals surface area contributed by atoms with Gasteiger partial charge in [0.15, 0.2) is 0 Å². The maximum absolute atomic E-state index is 9.23. The van der Waals surface area contributed by atoms with E-state index in [1.807, 2.05) is 42.5 Å². The number of fused-ring (bicyclic) bond motifs is 4. The summed E-state index contributed by atoms with van der Waals surface area (Å²) in [6, 6.07) is 32.9. The molecule has 0 fully saturated rings. The zero-order chi connectivity index (χ0) is 33.4. The average molecular weight is 515 g/mol. The van der Waals surface area contributed by atoms with Crippen LogP contribution in [0.1, 0.15) is 11.0 Å². The number of hydrogen-bond acceptors (Lipinski definition) is 0. The van der Waals surface area contributed by atoms with Crippen molar-refractivity contribution in [3.8, 4) is 33.4 Å². The second kappa shape index (κ2) is 9.22. The molecule has 0 aliphatic rings. The third kappa shape index (κ3) is 3.54. The summed E-state index contributed by atoms with van der Waals surface area (Å²) in [6.45, 7) is 0. The summed E-state index contributed by atoms with van der Waals surface area (Å²) in [5.74, 6) is 0. The second-order valence-corrected chi connectivity index (χ2v) is 9.86. The van der Waals surface area contributed by atoms with Gasteiger partial charge in [-0.15, -0.1) is 0 Å². The molecule has 8 aromatic carbocycles. The average Bonchev–Trinajstić information content (AvgIpc) is 3.07. The number of benzene rings is 8. The highest BCUT2D eigenvalue weighted by atomic mass is 14.2. The van der Waals surface area contributed by atoms with Gasteiger partial charge in [0, 0.05) is 0 Å². The summed E-state index contributed by atoms with van der Waals surface area (Å²) in [6.07, 6.45) is 0. The van der Waals surface area contributed by atoms with Crippen LogP contribution in [0.4, 0.5) is 0 Å². The van der Waals surface area contributed by atoms with Crippen molar-refractivity contribution in [2.24, 2.45) is 0 Å². The van der Waals surface area contributed by atoms with Gasteiger partial charge in [0.25, 0.3) is 0 Å². The Bertz CT molecular complexity index is 2560. The van der Waals surface area contributed by atoms with Crippen molar-refractivity contribution >= 4 is 43.1 Å². The van der Waals surface area contributed by atoms with Crippen LogP contribution in [0.5, 0.6) is 0 Å². The van der Waals surface area contributed by atoms with E-state index >= 15 is 0 Å². The van der Waals surface area contributed by atoms with Crippen LogP contribution in [-0.2, 0) is 0 Å². The van der Waals surface area contributed by atoms with Crippen LogP contribution in [0, 0.1) is 0 Å². The number of hydrogen-bond donors (Lipinski definition) is 0. The van der Waals surface area contributed by atoms with E-state index in [9.17, 15) is 2.74 Å². The van der Waals surface area contributed by atoms with Gasteiger partial charge in [-0.1, -0.05) is 151 Å². The Morgan fingerprint density at radius 3 is 1.70 bits per heavy atom. The molecule has 0 aliphatic carbocycles. The summed E-state index contributed by atoms with van der Waals surface area (Å²) in [7, 11) is 0. The van der Waals surface area contributed by atoms with Crippen molar-refractivity contribution in [1.29, 1.82) is 0 Å². The topological polar surface area (TPSA) is 0 Å². The molecule has 0 N–H and O–H groups in total. The Labute approximate surface area is 245 Å². The fourth-order valence-corrected chi connectivity index (χ4v) is 5.91. The molecule has 0 saturated carbocycles. The minimum atomic E-state index is -0.161. The largest absolute Gasteiger partial charge is 0.0629 e. The minimum absolute atomic E-state index is 0.0379. The van der Waals surface area contributed by atoms with E-state index in [0.29, 0.717) is 33.0 Å². The third-order valence-electron chi connectivity index (χ3n) is 7.66. The molecule has 0 heteroatoms. The molecule has 0 spiro atoms. The van der Waals surface area contributed by atoms with E-state index in [1.165, 1.54) is 18.2 Å².